The van der Waals surface area contributed by atoms with Crippen LogP contribution in [-0.4, -0.2) is 38.1 Å². The molecule has 2 unspecified atom stereocenters. The molecule has 2 heteroatoms. The third kappa shape index (κ3) is 4.84. The van der Waals surface area contributed by atoms with Crippen LogP contribution in [-0.2, 0) is 0 Å². The van der Waals surface area contributed by atoms with Gasteiger partial charge in [-0.05, 0) is 51.2 Å². The molecule has 96 valence electrons. The summed E-state index contributed by atoms with van der Waals surface area (Å²) in [5.41, 5.74) is 0.423. The highest BCUT2D eigenvalue weighted by Gasteiger charge is 2.25. The minimum absolute atomic E-state index is 0.423. The third-order valence-corrected chi connectivity index (χ3v) is 3.66. The fourth-order valence-electron chi connectivity index (χ4n) is 3.04. The van der Waals surface area contributed by atoms with E-state index in [0.717, 1.165) is 12.0 Å². The lowest BCUT2D eigenvalue weighted by Crippen LogP contribution is -2.34. The molecule has 0 amide bonds. The first-order chi connectivity index (χ1) is 7.42. The van der Waals surface area contributed by atoms with Crippen molar-refractivity contribution in [3.05, 3.63) is 0 Å². The second-order valence-corrected chi connectivity index (χ2v) is 6.67. The fraction of sp³-hybridized carbons (Fsp3) is 1.00. The summed E-state index contributed by atoms with van der Waals surface area (Å²) in [6.07, 6.45) is 5.58. The highest BCUT2D eigenvalue weighted by Crippen LogP contribution is 2.28. The molecule has 16 heavy (non-hydrogen) atoms. The summed E-state index contributed by atoms with van der Waals surface area (Å²) in [5, 5.41) is 3.47. The van der Waals surface area contributed by atoms with Crippen LogP contribution in [0.15, 0.2) is 0 Å². The van der Waals surface area contributed by atoms with Gasteiger partial charge in [-0.15, -0.1) is 0 Å². The topological polar surface area (TPSA) is 15.3 Å². The Morgan fingerprint density at radius 3 is 2.50 bits per heavy atom. The summed E-state index contributed by atoms with van der Waals surface area (Å²) in [6.45, 7) is 9.39. The molecule has 0 aromatic rings. The minimum Gasteiger partial charge on any atom is -0.317 e. The number of nitrogens with zero attached hydrogens (tertiary/aromatic N) is 1. The van der Waals surface area contributed by atoms with Gasteiger partial charge in [0.15, 0.2) is 0 Å². The zero-order valence-corrected chi connectivity index (χ0v) is 11.8. The highest BCUT2D eigenvalue weighted by atomic mass is 15.1. The maximum absolute atomic E-state index is 3.47. The van der Waals surface area contributed by atoms with Crippen LogP contribution in [0.3, 0.4) is 0 Å². The summed E-state index contributed by atoms with van der Waals surface area (Å²) < 4.78 is 0. The Hall–Kier alpha value is -0.0800. The number of nitrogens with one attached hydrogen (secondary N) is 1. The van der Waals surface area contributed by atoms with Crippen LogP contribution in [0, 0.1) is 11.3 Å². The van der Waals surface area contributed by atoms with Gasteiger partial charge in [0.2, 0.25) is 0 Å². The zero-order valence-electron chi connectivity index (χ0n) is 11.8. The van der Waals surface area contributed by atoms with Gasteiger partial charge in [-0.25, -0.2) is 0 Å². The zero-order chi connectivity index (χ0) is 12.2. The van der Waals surface area contributed by atoms with E-state index >= 15 is 0 Å². The van der Waals surface area contributed by atoms with Gasteiger partial charge in [0, 0.05) is 12.6 Å². The summed E-state index contributed by atoms with van der Waals surface area (Å²) >= 11 is 0. The smallest absolute Gasteiger partial charge is 0.00928 e. The van der Waals surface area contributed by atoms with Gasteiger partial charge in [0.1, 0.15) is 0 Å². The summed E-state index contributed by atoms with van der Waals surface area (Å²) in [4.78, 5) is 2.49. The Bertz CT molecular complexity index is 195. The maximum atomic E-state index is 3.47. The molecule has 0 bridgehead atoms. The lowest BCUT2D eigenvalue weighted by molar-refractivity contribution is 0.209. The molecular formula is C14H30N2. The Kier molecular flexibility index (Phi) is 5.26. The van der Waals surface area contributed by atoms with Crippen molar-refractivity contribution in [2.45, 2.75) is 52.5 Å². The molecule has 0 radical (unpaired) electrons. The van der Waals surface area contributed by atoms with Gasteiger partial charge in [0.25, 0.3) is 0 Å². The maximum Gasteiger partial charge on any atom is 0.00928 e. The molecule has 1 rings (SSSR count). The number of hydrogen-bond acceptors (Lipinski definition) is 2. The van der Waals surface area contributed by atoms with Crippen LogP contribution in [0.2, 0.25) is 0 Å². The van der Waals surface area contributed by atoms with Crippen molar-refractivity contribution >= 4 is 0 Å². The average Bonchev–Trinajstić information content (AvgIpc) is 2.59. The lowest BCUT2D eigenvalue weighted by Gasteiger charge is -2.28. The van der Waals surface area contributed by atoms with E-state index in [4.69, 9.17) is 0 Å². The van der Waals surface area contributed by atoms with Crippen molar-refractivity contribution in [3.8, 4) is 0 Å². The molecule has 2 nitrogen and oxygen atoms in total. The first-order valence-electron chi connectivity index (χ1n) is 6.78. The SMILES string of the molecule is CNC1CCCC1CCN(C)CC(C)(C)C. The molecular weight excluding hydrogens is 196 g/mol. The van der Waals surface area contributed by atoms with E-state index in [1.807, 2.05) is 0 Å². The first-order valence-corrected chi connectivity index (χ1v) is 6.78. The Morgan fingerprint density at radius 1 is 1.25 bits per heavy atom. The van der Waals surface area contributed by atoms with Gasteiger partial charge < -0.3 is 10.2 Å². The van der Waals surface area contributed by atoms with Gasteiger partial charge in [0.05, 0.1) is 0 Å². The molecule has 0 aliphatic heterocycles. The number of rotatable bonds is 5. The molecule has 1 fully saturated rings. The normalized spacial score (nSPS) is 26.6. The largest absolute Gasteiger partial charge is 0.317 e. The van der Waals surface area contributed by atoms with E-state index < -0.39 is 0 Å². The van der Waals surface area contributed by atoms with Gasteiger partial charge >= 0.3 is 0 Å². The van der Waals surface area contributed by atoms with Crippen LogP contribution in [0.5, 0.6) is 0 Å². The number of hydrogen-bond donors (Lipinski definition) is 1. The van der Waals surface area contributed by atoms with Crippen LogP contribution in [0.25, 0.3) is 0 Å². The monoisotopic (exact) mass is 226 g/mol. The van der Waals surface area contributed by atoms with E-state index in [-0.39, 0.29) is 0 Å². The summed E-state index contributed by atoms with van der Waals surface area (Å²) in [5.74, 6) is 0.910. The van der Waals surface area contributed by atoms with E-state index in [1.165, 1.54) is 38.8 Å². The minimum atomic E-state index is 0.423. The van der Waals surface area contributed by atoms with Crippen LogP contribution >= 0.6 is 0 Å². The van der Waals surface area contributed by atoms with E-state index in [9.17, 15) is 0 Å². The second-order valence-electron chi connectivity index (χ2n) is 6.67. The fourth-order valence-corrected chi connectivity index (χ4v) is 3.04. The highest BCUT2D eigenvalue weighted by molar-refractivity contribution is 4.82. The molecule has 2 atom stereocenters. The van der Waals surface area contributed by atoms with Crippen LogP contribution < -0.4 is 5.32 Å². The van der Waals surface area contributed by atoms with Crippen molar-refractivity contribution in [2.75, 3.05) is 27.2 Å². The molecule has 0 aromatic heterocycles. The van der Waals surface area contributed by atoms with Crippen LogP contribution in [0.1, 0.15) is 46.5 Å². The quantitative estimate of drug-likeness (QED) is 0.775. The Balaban J connectivity index is 2.23. The predicted octanol–water partition coefficient (Wildman–Crippen LogP) is 2.74. The van der Waals surface area contributed by atoms with Crippen molar-refractivity contribution in [2.24, 2.45) is 11.3 Å². The van der Waals surface area contributed by atoms with Crippen LogP contribution in [0.4, 0.5) is 0 Å². The van der Waals surface area contributed by atoms with Gasteiger partial charge in [-0.2, -0.15) is 0 Å². The molecule has 1 aliphatic carbocycles. The molecule has 0 heterocycles. The molecule has 0 saturated heterocycles. The predicted molar refractivity (Wildman–Crippen MR) is 71.8 cm³/mol. The van der Waals surface area contributed by atoms with E-state index in [1.54, 1.807) is 0 Å². The van der Waals surface area contributed by atoms with Crippen molar-refractivity contribution in [1.82, 2.24) is 10.2 Å². The van der Waals surface area contributed by atoms with Crippen molar-refractivity contribution < 1.29 is 0 Å². The molecule has 0 aromatic carbocycles. The summed E-state index contributed by atoms with van der Waals surface area (Å²) in [6, 6.07) is 0.781. The Labute approximate surface area is 102 Å². The lowest BCUT2D eigenvalue weighted by atomic mass is 9.95. The van der Waals surface area contributed by atoms with Gasteiger partial charge in [-0.3, -0.25) is 0 Å². The van der Waals surface area contributed by atoms with Gasteiger partial charge in [-0.1, -0.05) is 27.2 Å². The molecule has 1 aliphatic rings. The summed E-state index contributed by atoms with van der Waals surface area (Å²) in [7, 11) is 4.37. The molecule has 1 N–H and O–H groups in total. The standard InChI is InChI=1S/C14H30N2/c1-14(2,3)11-16(5)10-9-12-7-6-8-13(12)15-4/h12-13,15H,6-11H2,1-5H3. The first kappa shape index (κ1) is 14.0. The third-order valence-electron chi connectivity index (χ3n) is 3.66. The molecule has 0 spiro atoms. The average molecular weight is 226 g/mol. The van der Waals surface area contributed by atoms with E-state index in [0.29, 0.717) is 5.41 Å². The second kappa shape index (κ2) is 6.02. The van der Waals surface area contributed by atoms with Crippen molar-refractivity contribution in [1.29, 1.82) is 0 Å². The van der Waals surface area contributed by atoms with E-state index in [2.05, 4.69) is 45.1 Å². The molecule has 1 saturated carbocycles. The van der Waals surface area contributed by atoms with Crippen molar-refractivity contribution in [3.63, 3.8) is 0 Å². The Morgan fingerprint density at radius 2 is 1.94 bits per heavy atom.